The molecule has 1 fully saturated rings. The van der Waals surface area contributed by atoms with Gasteiger partial charge in [-0.3, -0.25) is 9.59 Å². The Balaban J connectivity index is 1.43. The van der Waals surface area contributed by atoms with Crippen LogP contribution in [0, 0.1) is 5.92 Å². The van der Waals surface area contributed by atoms with Crippen LogP contribution in [-0.4, -0.2) is 42.7 Å². The molecule has 9 heteroatoms. The summed E-state index contributed by atoms with van der Waals surface area (Å²) >= 11 is 6.41. The van der Waals surface area contributed by atoms with Crippen LogP contribution in [0.15, 0.2) is 72.8 Å². The molecule has 0 unspecified atom stereocenters. The van der Waals surface area contributed by atoms with Crippen LogP contribution >= 0.6 is 11.6 Å². The van der Waals surface area contributed by atoms with Gasteiger partial charge < -0.3 is 24.9 Å². The number of hydrogen-bond acceptors (Lipinski definition) is 5. The van der Waals surface area contributed by atoms with Gasteiger partial charge in [-0.05, 0) is 67.5 Å². The number of ether oxygens (including phenoxy) is 1. The van der Waals surface area contributed by atoms with Crippen molar-refractivity contribution in [3.63, 3.8) is 0 Å². The number of benzene rings is 3. The van der Waals surface area contributed by atoms with Gasteiger partial charge in [-0.15, -0.1) is 0 Å². The molecule has 0 aromatic heterocycles. The Morgan fingerprint density at radius 2 is 1.79 bits per heavy atom. The van der Waals surface area contributed by atoms with Gasteiger partial charge in [0.25, 0.3) is 11.8 Å². The second-order valence-electron chi connectivity index (χ2n) is 10.9. The highest BCUT2D eigenvalue weighted by atomic mass is 35.5. The normalized spacial score (nSPS) is 24.3. The van der Waals surface area contributed by atoms with E-state index in [1.165, 1.54) is 0 Å². The van der Waals surface area contributed by atoms with E-state index in [-0.39, 0.29) is 29.9 Å². The van der Waals surface area contributed by atoms with Gasteiger partial charge in [-0.2, -0.15) is 0 Å². The molecule has 0 bridgehead atoms. The van der Waals surface area contributed by atoms with Crippen LogP contribution < -0.4 is 10.2 Å². The maximum atomic E-state index is 14.3. The van der Waals surface area contributed by atoms with Crippen LogP contribution in [0.2, 0.25) is 23.7 Å². The number of rotatable bonds is 7. The lowest BCUT2D eigenvalue weighted by molar-refractivity contribution is -0.146. The zero-order valence-electron chi connectivity index (χ0n) is 22.2. The molecule has 0 radical (unpaired) electrons. The maximum absolute atomic E-state index is 14.3. The Bertz CT molecular complexity index is 1380. The minimum absolute atomic E-state index is 0.0953. The van der Waals surface area contributed by atoms with E-state index < -0.39 is 20.0 Å². The molecule has 1 spiro atoms. The first-order valence-electron chi connectivity index (χ1n) is 13.1. The van der Waals surface area contributed by atoms with Gasteiger partial charge in [-0.25, -0.2) is 0 Å². The van der Waals surface area contributed by atoms with Crippen molar-refractivity contribution >= 4 is 43.1 Å². The lowest BCUT2D eigenvalue weighted by Crippen LogP contribution is -2.46. The standard InChI is InChI=1S/C30H33ClN2O5Si/c1-19-27(39(2,3)37)26(15-16-34)38-30(19)24-17-22(31)11-14-25(24)33(29(30)36)18-20-9-12-23(13-10-20)32-28(35)21-7-5-4-6-8-21/h4-14,17,19,26-27,34,37H,15-16,18H2,1-3H3,(H,32,35)/t19-,26+,27-,30+/m1/s1. The molecular weight excluding hydrogens is 532 g/mol. The SMILES string of the molecule is C[C@@H]1[C@@H]([Si](C)(C)O)[C@H](CCO)O[C@@]12C(=O)N(Cc1ccc(NC(=O)c3ccccc3)cc1)c1ccc(Cl)cc12. The smallest absolute Gasteiger partial charge is 0.264 e. The first-order valence-corrected chi connectivity index (χ1v) is 16.5. The summed E-state index contributed by atoms with van der Waals surface area (Å²) in [5, 5.41) is 13.1. The van der Waals surface area contributed by atoms with Gasteiger partial charge in [0.15, 0.2) is 13.9 Å². The zero-order chi connectivity index (χ0) is 27.9. The molecule has 2 aliphatic rings. The number of hydrogen-bond donors (Lipinski definition) is 3. The average Bonchev–Trinajstić information content (AvgIpc) is 3.32. The third kappa shape index (κ3) is 4.92. The Kier molecular flexibility index (Phi) is 7.43. The number of carbonyl (C=O) groups is 2. The molecule has 3 aromatic carbocycles. The Hall–Kier alpha value is -3.01. The largest absolute Gasteiger partial charge is 0.432 e. The van der Waals surface area contributed by atoms with Gasteiger partial charge in [0.05, 0.1) is 18.3 Å². The van der Waals surface area contributed by atoms with Crippen LogP contribution in [0.4, 0.5) is 11.4 Å². The van der Waals surface area contributed by atoms with Crippen molar-refractivity contribution in [2.24, 2.45) is 5.92 Å². The summed E-state index contributed by atoms with van der Waals surface area (Å²) in [7, 11) is -2.76. The monoisotopic (exact) mass is 564 g/mol. The summed E-state index contributed by atoms with van der Waals surface area (Å²) in [4.78, 5) is 39.7. The third-order valence-corrected chi connectivity index (χ3v) is 10.7. The zero-order valence-corrected chi connectivity index (χ0v) is 24.0. The molecule has 7 nitrogen and oxygen atoms in total. The molecule has 204 valence electrons. The van der Waals surface area contributed by atoms with E-state index >= 15 is 0 Å². The Morgan fingerprint density at radius 1 is 1.10 bits per heavy atom. The van der Waals surface area contributed by atoms with E-state index in [1.807, 2.05) is 68.5 Å². The van der Waals surface area contributed by atoms with Gasteiger partial charge >= 0.3 is 0 Å². The van der Waals surface area contributed by atoms with E-state index in [2.05, 4.69) is 5.32 Å². The summed E-state index contributed by atoms with van der Waals surface area (Å²) in [6.07, 6.45) is -0.104. The Morgan fingerprint density at radius 3 is 2.44 bits per heavy atom. The first kappa shape index (κ1) is 27.5. The molecule has 5 rings (SSSR count). The molecule has 2 aliphatic heterocycles. The van der Waals surface area contributed by atoms with Gasteiger partial charge in [0, 0.05) is 39.9 Å². The van der Waals surface area contributed by atoms with E-state index in [1.54, 1.807) is 29.2 Å². The summed E-state index contributed by atoms with van der Waals surface area (Å²) in [6.45, 7) is 5.88. The molecule has 0 saturated carbocycles. The number of carbonyl (C=O) groups excluding carboxylic acids is 2. The molecule has 4 atom stereocenters. The number of amides is 2. The molecule has 39 heavy (non-hydrogen) atoms. The molecule has 3 aromatic rings. The molecule has 2 heterocycles. The average molecular weight is 565 g/mol. The van der Waals surface area contributed by atoms with Crippen LogP contribution in [0.3, 0.4) is 0 Å². The fourth-order valence-corrected chi connectivity index (χ4v) is 9.05. The second kappa shape index (κ2) is 10.5. The van der Waals surface area contributed by atoms with Crippen molar-refractivity contribution in [3.8, 4) is 0 Å². The number of nitrogens with one attached hydrogen (secondary N) is 1. The maximum Gasteiger partial charge on any atom is 0.264 e. The predicted molar refractivity (Wildman–Crippen MR) is 154 cm³/mol. The minimum atomic E-state index is -2.76. The lowest BCUT2D eigenvalue weighted by atomic mass is 9.82. The number of anilines is 2. The van der Waals surface area contributed by atoms with E-state index in [4.69, 9.17) is 16.3 Å². The van der Waals surface area contributed by atoms with Crippen molar-refractivity contribution < 1.29 is 24.2 Å². The van der Waals surface area contributed by atoms with Gasteiger partial charge in [-0.1, -0.05) is 48.9 Å². The predicted octanol–water partition coefficient (Wildman–Crippen LogP) is 5.32. The van der Waals surface area contributed by atoms with Crippen molar-refractivity contribution in [2.75, 3.05) is 16.8 Å². The molecule has 2 amide bonds. The topological polar surface area (TPSA) is 99.1 Å². The number of nitrogens with zero attached hydrogens (tertiary/aromatic N) is 1. The fourth-order valence-electron chi connectivity index (χ4n) is 6.27. The minimum Gasteiger partial charge on any atom is -0.432 e. The third-order valence-electron chi connectivity index (χ3n) is 7.95. The quantitative estimate of drug-likeness (QED) is 0.337. The van der Waals surface area contributed by atoms with Gasteiger partial charge in [0.1, 0.15) is 0 Å². The summed E-state index contributed by atoms with van der Waals surface area (Å²) in [5.74, 6) is -0.705. The number of aliphatic hydroxyl groups excluding tert-OH is 1. The highest BCUT2D eigenvalue weighted by molar-refractivity contribution is 6.71. The first-order chi connectivity index (χ1) is 18.6. The highest BCUT2D eigenvalue weighted by Crippen LogP contribution is 2.60. The molecule has 0 aliphatic carbocycles. The van der Waals surface area contributed by atoms with E-state index in [0.717, 1.165) is 11.3 Å². The molecule has 1 saturated heterocycles. The van der Waals surface area contributed by atoms with E-state index in [0.29, 0.717) is 34.8 Å². The molecular formula is C30H33ClN2O5Si. The van der Waals surface area contributed by atoms with Crippen LogP contribution in [0.25, 0.3) is 0 Å². The fraction of sp³-hybridized carbons (Fsp3) is 0.333. The number of aliphatic hydroxyl groups is 1. The summed E-state index contributed by atoms with van der Waals surface area (Å²) < 4.78 is 6.59. The van der Waals surface area contributed by atoms with Crippen molar-refractivity contribution in [1.29, 1.82) is 0 Å². The molecule has 3 N–H and O–H groups in total. The lowest BCUT2D eigenvalue weighted by Gasteiger charge is -2.32. The summed E-state index contributed by atoms with van der Waals surface area (Å²) in [5.41, 5.74) is 1.99. The summed E-state index contributed by atoms with van der Waals surface area (Å²) in [6, 6.07) is 21.8. The number of fused-ring (bicyclic) bond motifs is 2. The van der Waals surface area contributed by atoms with Crippen molar-refractivity contribution in [2.45, 2.75) is 50.2 Å². The van der Waals surface area contributed by atoms with Crippen LogP contribution in [0.1, 0.15) is 34.8 Å². The van der Waals surface area contributed by atoms with Crippen LogP contribution in [0.5, 0.6) is 0 Å². The van der Waals surface area contributed by atoms with Crippen LogP contribution in [-0.2, 0) is 21.7 Å². The van der Waals surface area contributed by atoms with Gasteiger partial charge in [0.2, 0.25) is 0 Å². The van der Waals surface area contributed by atoms with Crippen molar-refractivity contribution in [3.05, 3.63) is 94.5 Å². The second-order valence-corrected chi connectivity index (χ2v) is 15.4. The van der Waals surface area contributed by atoms with Crippen molar-refractivity contribution in [1.82, 2.24) is 0 Å². The highest BCUT2D eigenvalue weighted by Gasteiger charge is 2.66. The Labute approximate surface area is 234 Å². The number of halogens is 1. The van der Waals surface area contributed by atoms with E-state index in [9.17, 15) is 19.5 Å².